The number of halogens is 1. The van der Waals surface area contributed by atoms with Crippen LogP contribution < -0.4 is 9.46 Å². The van der Waals surface area contributed by atoms with E-state index in [1.54, 1.807) is 18.2 Å². The molecule has 1 aliphatic rings. The smallest absolute Gasteiger partial charge is 0.265 e. The van der Waals surface area contributed by atoms with Gasteiger partial charge in [0.05, 0.1) is 5.92 Å². The Morgan fingerprint density at radius 2 is 2.17 bits per heavy atom. The minimum Gasteiger partial charge on any atom is -0.492 e. The van der Waals surface area contributed by atoms with Crippen LogP contribution in [-0.2, 0) is 21.2 Å². The molecule has 2 aromatic rings. The molecule has 0 saturated carbocycles. The quantitative estimate of drug-likeness (QED) is 0.910. The molecule has 0 radical (unpaired) electrons. The zero-order valence-corrected chi connectivity index (χ0v) is 13.5. The molecule has 1 atom stereocenters. The van der Waals surface area contributed by atoms with Crippen molar-refractivity contribution in [2.45, 2.75) is 11.3 Å². The van der Waals surface area contributed by atoms with Crippen LogP contribution in [0.3, 0.4) is 0 Å². The van der Waals surface area contributed by atoms with Gasteiger partial charge in [0.25, 0.3) is 10.0 Å². The summed E-state index contributed by atoms with van der Waals surface area (Å²) in [4.78, 5) is 15.9. The summed E-state index contributed by atoms with van der Waals surface area (Å²) in [6, 6.07) is 8.01. The molecule has 1 amide bonds. The van der Waals surface area contributed by atoms with Crippen LogP contribution in [0, 0.1) is 5.92 Å². The molecular weight excluding hydrogens is 340 g/mol. The van der Waals surface area contributed by atoms with E-state index in [4.69, 9.17) is 16.3 Å². The number of rotatable bonds is 3. The van der Waals surface area contributed by atoms with Crippen molar-refractivity contribution >= 4 is 27.5 Å². The number of hydrogen-bond donors (Lipinski definition) is 1. The average molecular weight is 353 g/mol. The topological polar surface area (TPSA) is 85.4 Å². The number of nitrogens with one attached hydrogen (secondary N) is 1. The van der Waals surface area contributed by atoms with Crippen molar-refractivity contribution < 1.29 is 17.9 Å². The molecule has 3 rings (SSSR count). The fourth-order valence-corrected chi connectivity index (χ4v) is 3.51. The van der Waals surface area contributed by atoms with Crippen LogP contribution in [0.25, 0.3) is 0 Å². The van der Waals surface area contributed by atoms with Crippen molar-refractivity contribution in [2.75, 3.05) is 6.61 Å². The van der Waals surface area contributed by atoms with Gasteiger partial charge in [0, 0.05) is 17.4 Å². The molecule has 0 aliphatic carbocycles. The monoisotopic (exact) mass is 352 g/mol. The second-order valence-electron chi connectivity index (χ2n) is 5.12. The number of nitrogens with zero attached hydrogens (tertiary/aromatic N) is 1. The lowest BCUT2D eigenvalue weighted by atomic mass is 9.96. The highest BCUT2D eigenvalue weighted by Gasteiger charge is 2.29. The largest absolute Gasteiger partial charge is 0.492 e. The number of hydrogen-bond acceptors (Lipinski definition) is 5. The molecule has 23 heavy (non-hydrogen) atoms. The first-order valence-electron chi connectivity index (χ1n) is 6.83. The third-order valence-electron chi connectivity index (χ3n) is 3.48. The summed E-state index contributed by atoms with van der Waals surface area (Å²) in [5.74, 6) is -0.555. The first kappa shape index (κ1) is 15.8. The lowest BCUT2D eigenvalue weighted by Crippen LogP contribution is -2.40. The Balaban J connectivity index is 1.75. The van der Waals surface area contributed by atoms with E-state index in [0.29, 0.717) is 17.2 Å². The van der Waals surface area contributed by atoms with E-state index >= 15 is 0 Å². The summed E-state index contributed by atoms with van der Waals surface area (Å²) in [5.41, 5.74) is 0.780. The van der Waals surface area contributed by atoms with Gasteiger partial charge in [-0.1, -0.05) is 11.6 Å². The lowest BCUT2D eigenvalue weighted by Gasteiger charge is -2.24. The van der Waals surface area contributed by atoms with Gasteiger partial charge in [0.2, 0.25) is 5.91 Å². The van der Waals surface area contributed by atoms with E-state index in [9.17, 15) is 13.2 Å². The molecule has 0 fully saturated rings. The van der Waals surface area contributed by atoms with Crippen LogP contribution >= 0.6 is 11.6 Å². The van der Waals surface area contributed by atoms with Gasteiger partial charge in [-0.3, -0.25) is 9.78 Å². The highest BCUT2D eigenvalue weighted by molar-refractivity contribution is 7.90. The van der Waals surface area contributed by atoms with Gasteiger partial charge >= 0.3 is 0 Å². The van der Waals surface area contributed by atoms with E-state index in [1.165, 1.54) is 24.5 Å². The van der Waals surface area contributed by atoms with E-state index in [0.717, 1.165) is 5.56 Å². The molecule has 1 aliphatic heterocycles. The fourth-order valence-electron chi connectivity index (χ4n) is 2.31. The van der Waals surface area contributed by atoms with E-state index in [1.807, 2.05) is 0 Å². The van der Waals surface area contributed by atoms with E-state index in [-0.39, 0.29) is 11.5 Å². The maximum Gasteiger partial charge on any atom is 0.265 e. The molecular formula is C15H13ClN2O4S. The van der Waals surface area contributed by atoms with E-state index < -0.39 is 21.8 Å². The number of fused-ring (bicyclic) bond motifs is 1. The number of ether oxygens (including phenoxy) is 1. The number of carbonyl (C=O) groups excluding carboxylic acids is 1. The second-order valence-corrected chi connectivity index (χ2v) is 7.24. The van der Waals surface area contributed by atoms with Crippen LogP contribution in [0.15, 0.2) is 47.6 Å². The molecule has 120 valence electrons. The maximum atomic E-state index is 12.3. The Kier molecular flexibility index (Phi) is 4.23. The standard InChI is InChI=1S/C15H13ClN2O4S/c16-12-3-4-14-10(7-12)6-11(9-22-14)15(19)18-23(20,21)13-2-1-5-17-8-13/h1-5,7-8,11H,6,9H2,(H,18,19)/t11-/m0/s1. The van der Waals surface area contributed by atoms with Gasteiger partial charge in [-0.2, -0.15) is 0 Å². The van der Waals surface area contributed by atoms with Crippen molar-refractivity contribution in [2.24, 2.45) is 5.92 Å². The summed E-state index contributed by atoms with van der Waals surface area (Å²) in [7, 11) is -3.94. The Labute approximate surface area is 138 Å². The van der Waals surface area contributed by atoms with E-state index in [2.05, 4.69) is 9.71 Å². The third-order valence-corrected chi connectivity index (χ3v) is 5.05. The number of sulfonamides is 1. The molecule has 8 heteroatoms. The summed E-state index contributed by atoms with van der Waals surface area (Å²) < 4.78 is 31.9. The molecule has 0 spiro atoms. The first-order chi connectivity index (χ1) is 11.0. The van der Waals surface area contributed by atoms with Crippen LogP contribution in [0.4, 0.5) is 0 Å². The zero-order valence-electron chi connectivity index (χ0n) is 11.9. The van der Waals surface area contributed by atoms with Crippen molar-refractivity contribution in [1.29, 1.82) is 0 Å². The van der Waals surface area contributed by atoms with Crippen molar-refractivity contribution in [3.05, 3.63) is 53.3 Å². The summed E-state index contributed by atoms with van der Waals surface area (Å²) in [6.07, 6.45) is 3.00. The normalized spacial score (nSPS) is 17.0. The Morgan fingerprint density at radius 3 is 2.91 bits per heavy atom. The number of carbonyl (C=O) groups is 1. The fraction of sp³-hybridized carbons (Fsp3) is 0.200. The third kappa shape index (κ3) is 3.46. The van der Waals surface area contributed by atoms with Gasteiger partial charge < -0.3 is 4.74 Å². The predicted octanol–water partition coefficient (Wildman–Crippen LogP) is 1.79. The van der Waals surface area contributed by atoms with Crippen LogP contribution in [0.5, 0.6) is 5.75 Å². The SMILES string of the molecule is O=C(NS(=O)(=O)c1cccnc1)[C@@H]1COc2ccc(Cl)cc2C1. The summed E-state index contributed by atoms with van der Waals surface area (Å²) in [5, 5.41) is 0.538. The molecule has 2 heterocycles. The molecule has 0 unspecified atom stereocenters. The van der Waals surface area contributed by atoms with Crippen molar-refractivity contribution in [3.8, 4) is 5.75 Å². The average Bonchev–Trinajstić information content (AvgIpc) is 2.54. The van der Waals surface area contributed by atoms with Gasteiger partial charge in [0.1, 0.15) is 17.3 Å². The highest BCUT2D eigenvalue weighted by Crippen LogP contribution is 2.30. The number of amides is 1. The lowest BCUT2D eigenvalue weighted by molar-refractivity contribution is -0.124. The Bertz CT molecular complexity index is 840. The highest BCUT2D eigenvalue weighted by atomic mass is 35.5. The minimum absolute atomic E-state index is 0.0616. The Hall–Kier alpha value is -2.12. The van der Waals surface area contributed by atoms with Crippen molar-refractivity contribution in [3.63, 3.8) is 0 Å². The van der Waals surface area contributed by atoms with Gasteiger partial charge in [-0.05, 0) is 42.3 Å². The molecule has 1 aromatic carbocycles. The van der Waals surface area contributed by atoms with Crippen LogP contribution in [0.2, 0.25) is 5.02 Å². The number of aromatic nitrogens is 1. The zero-order chi connectivity index (χ0) is 16.4. The Morgan fingerprint density at radius 1 is 1.35 bits per heavy atom. The maximum absolute atomic E-state index is 12.3. The van der Waals surface area contributed by atoms with Gasteiger partial charge in [-0.15, -0.1) is 0 Å². The number of pyridine rings is 1. The first-order valence-corrected chi connectivity index (χ1v) is 8.70. The van der Waals surface area contributed by atoms with Gasteiger partial charge in [-0.25, -0.2) is 13.1 Å². The molecule has 1 N–H and O–H groups in total. The summed E-state index contributed by atoms with van der Waals surface area (Å²) in [6.45, 7) is 0.114. The second kappa shape index (κ2) is 6.17. The molecule has 1 aromatic heterocycles. The van der Waals surface area contributed by atoms with Crippen LogP contribution in [0.1, 0.15) is 5.56 Å². The molecule has 6 nitrogen and oxygen atoms in total. The number of benzene rings is 1. The molecule has 0 bridgehead atoms. The predicted molar refractivity (Wildman–Crippen MR) is 83.7 cm³/mol. The minimum atomic E-state index is -3.94. The van der Waals surface area contributed by atoms with Crippen LogP contribution in [-0.4, -0.2) is 25.9 Å². The van der Waals surface area contributed by atoms with Crippen molar-refractivity contribution in [1.82, 2.24) is 9.71 Å². The van der Waals surface area contributed by atoms with Gasteiger partial charge in [0.15, 0.2) is 0 Å². The summed E-state index contributed by atoms with van der Waals surface area (Å²) >= 11 is 5.93. The molecule has 0 saturated heterocycles.